The fraction of sp³-hybridized carbons (Fsp3) is 0.350. The number of aromatic nitrogens is 3. The summed E-state index contributed by atoms with van der Waals surface area (Å²) in [4.78, 5) is 47.6. The third-order valence-electron chi connectivity index (χ3n) is 4.41. The fourth-order valence-electron chi connectivity index (χ4n) is 2.74. The van der Waals surface area contributed by atoms with Crippen molar-refractivity contribution in [3.63, 3.8) is 0 Å². The van der Waals surface area contributed by atoms with Crippen molar-refractivity contribution >= 4 is 25.1 Å². The van der Waals surface area contributed by atoms with Gasteiger partial charge in [0.2, 0.25) is 11.8 Å². The van der Waals surface area contributed by atoms with E-state index in [0.717, 1.165) is 6.04 Å². The average Bonchev–Trinajstić information content (AvgIpc) is 2.72. The van der Waals surface area contributed by atoms with E-state index in [0.29, 0.717) is 0 Å². The van der Waals surface area contributed by atoms with E-state index in [4.69, 9.17) is 18.6 Å². The molecule has 1 N–H and O–H groups in total. The topological polar surface area (TPSA) is 134 Å². The number of methoxy groups -OCH3 is 2. The number of fused-ring (bicyclic) bond motifs is 1. The number of rotatable bonds is 7. The van der Waals surface area contributed by atoms with Crippen LogP contribution < -0.4 is 20.7 Å². The molecule has 0 radical (unpaired) electrons. The van der Waals surface area contributed by atoms with E-state index >= 15 is 0 Å². The number of benzene rings is 1. The van der Waals surface area contributed by atoms with Crippen LogP contribution in [0.2, 0.25) is 25.7 Å². The zero-order chi connectivity index (χ0) is 22.8. The maximum atomic E-state index is 13.1. The van der Waals surface area contributed by atoms with Gasteiger partial charge in [-0.25, -0.2) is 9.59 Å². The molecular weight excluding hydrogens is 422 g/mol. The van der Waals surface area contributed by atoms with E-state index in [2.05, 4.69) is 34.6 Å². The molecule has 0 atom stereocenters. The van der Waals surface area contributed by atoms with Crippen LogP contribution in [0.4, 0.5) is 0 Å². The van der Waals surface area contributed by atoms with Gasteiger partial charge in [-0.3, -0.25) is 4.79 Å². The third kappa shape index (κ3) is 4.99. The monoisotopic (exact) mass is 445 g/mol. The van der Waals surface area contributed by atoms with Crippen molar-refractivity contribution in [1.29, 1.82) is 0 Å². The summed E-state index contributed by atoms with van der Waals surface area (Å²) in [7, 11) is 1.41. The molecule has 3 aromatic rings. The number of ether oxygens (including phenoxy) is 3. The molecule has 0 fully saturated rings. The van der Waals surface area contributed by atoms with E-state index in [-0.39, 0.29) is 46.4 Å². The van der Waals surface area contributed by atoms with Gasteiger partial charge in [-0.05, 0) is 18.2 Å². The Morgan fingerprint density at radius 3 is 2.32 bits per heavy atom. The second-order valence-corrected chi connectivity index (χ2v) is 13.6. The highest BCUT2D eigenvalue weighted by Gasteiger charge is 2.25. The first-order chi connectivity index (χ1) is 14.6. The maximum absolute atomic E-state index is 13.1. The van der Waals surface area contributed by atoms with Crippen molar-refractivity contribution < 1.29 is 23.4 Å². The summed E-state index contributed by atoms with van der Waals surface area (Å²) in [5.74, 6) is -0.200. The second-order valence-electron chi connectivity index (χ2n) is 7.93. The fourth-order valence-corrected chi connectivity index (χ4v) is 3.46. The molecule has 0 aliphatic rings. The molecule has 0 amide bonds. The Kier molecular flexibility index (Phi) is 6.25. The number of hydrogen-bond donors (Lipinski definition) is 1. The minimum atomic E-state index is -1.45. The maximum Gasteiger partial charge on any atom is 0.402 e. The van der Waals surface area contributed by atoms with Crippen LogP contribution in [0.15, 0.2) is 32.2 Å². The van der Waals surface area contributed by atoms with Gasteiger partial charge < -0.3 is 23.6 Å². The van der Waals surface area contributed by atoms with Crippen LogP contribution in [0.3, 0.4) is 0 Å². The molecule has 0 saturated heterocycles. The van der Waals surface area contributed by atoms with Crippen LogP contribution in [0.5, 0.6) is 11.8 Å². The van der Waals surface area contributed by atoms with E-state index in [1.807, 2.05) is 0 Å². The molecule has 3 rings (SSSR count). The van der Waals surface area contributed by atoms with Gasteiger partial charge in [-0.1, -0.05) is 19.6 Å². The first-order valence-corrected chi connectivity index (χ1v) is 13.2. The third-order valence-corrected chi connectivity index (χ3v) is 6.12. The van der Waals surface area contributed by atoms with Crippen LogP contribution >= 0.6 is 0 Å². The summed E-state index contributed by atoms with van der Waals surface area (Å²) in [5.41, 5.74) is -1.86. The molecule has 164 valence electrons. The van der Waals surface area contributed by atoms with Gasteiger partial charge in [0.15, 0.2) is 11.4 Å². The lowest BCUT2D eigenvalue weighted by atomic mass is 10.0. The van der Waals surface area contributed by atoms with Gasteiger partial charge in [0.05, 0.1) is 32.4 Å². The highest BCUT2D eigenvalue weighted by molar-refractivity contribution is 6.76. The van der Waals surface area contributed by atoms with Gasteiger partial charge in [-0.2, -0.15) is 9.97 Å². The molecule has 0 unspecified atom stereocenters. The molecule has 0 aliphatic carbocycles. The normalized spacial score (nSPS) is 11.4. The van der Waals surface area contributed by atoms with Crippen molar-refractivity contribution in [2.75, 3.05) is 20.8 Å². The van der Waals surface area contributed by atoms with Gasteiger partial charge >= 0.3 is 17.2 Å². The van der Waals surface area contributed by atoms with E-state index < -0.39 is 25.2 Å². The number of esters is 1. The Bertz CT molecular complexity index is 1220. The summed E-state index contributed by atoms with van der Waals surface area (Å²) in [6.45, 7) is 6.68. The molecular formula is C20H23N3O7Si. The highest BCUT2D eigenvalue weighted by atomic mass is 28.3. The lowest BCUT2D eigenvalue weighted by Gasteiger charge is -2.16. The number of nitrogens with zero attached hydrogens (tertiary/aromatic N) is 2. The molecule has 31 heavy (non-hydrogen) atoms. The minimum Gasteiger partial charge on any atom is -0.481 e. The molecule has 1 aromatic carbocycles. The Morgan fingerprint density at radius 1 is 1.10 bits per heavy atom. The molecule has 0 saturated carbocycles. The Balaban J connectivity index is 2.21. The molecule has 0 aliphatic heterocycles. The van der Waals surface area contributed by atoms with Crippen molar-refractivity contribution in [3.8, 4) is 23.1 Å². The molecule has 2 aromatic heterocycles. The van der Waals surface area contributed by atoms with Crippen LogP contribution in [-0.2, 0) is 4.74 Å². The largest absolute Gasteiger partial charge is 0.481 e. The molecule has 0 spiro atoms. The lowest BCUT2D eigenvalue weighted by Crippen LogP contribution is -2.26. The van der Waals surface area contributed by atoms with E-state index in [1.54, 1.807) is 0 Å². The predicted octanol–water partition coefficient (Wildman–Crippen LogP) is 2.45. The highest BCUT2D eigenvalue weighted by Crippen LogP contribution is 2.30. The molecule has 11 heteroatoms. The van der Waals surface area contributed by atoms with Gasteiger partial charge in [0, 0.05) is 13.6 Å². The second kappa shape index (κ2) is 8.72. The standard InChI is InChI=1S/C20H23N3O7Si/c1-27-13-10-14(28-2)23-17(22-13)11-6-7-12-16(30-20(26)18(24)21-12)15(11)19(25)29-8-9-31(3,4)5/h6-7,10H,8-9H2,1-5H3,(H,21,24). The molecule has 10 nitrogen and oxygen atoms in total. The van der Waals surface area contributed by atoms with Crippen LogP contribution in [0.1, 0.15) is 10.4 Å². The van der Waals surface area contributed by atoms with Crippen LogP contribution in [-0.4, -0.2) is 49.8 Å². The number of hydrogen-bond acceptors (Lipinski definition) is 9. The summed E-state index contributed by atoms with van der Waals surface area (Å²) in [5, 5.41) is 0. The zero-order valence-corrected chi connectivity index (χ0v) is 18.9. The Hall–Kier alpha value is -3.47. The van der Waals surface area contributed by atoms with Crippen molar-refractivity contribution in [2.24, 2.45) is 0 Å². The molecule has 2 heterocycles. The number of H-pyrrole nitrogens is 1. The summed E-state index contributed by atoms with van der Waals surface area (Å²) in [6, 6.07) is 5.25. The van der Waals surface area contributed by atoms with Gasteiger partial charge in [0.1, 0.15) is 5.56 Å². The zero-order valence-electron chi connectivity index (χ0n) is 17.9. The Labute approximate surface area is 178 Å². The summed E-state index contributed by atoms with van der Waals surface area (Å²) in [6.07, 6.45) is 0. The molecule has 0 bridgehead atoms. The van der Waals surface area contributed by atoms with Crippen LogP contribution in [0, 0.1) is 0 Å². The van der Waals surface area contributed by atoms with Crippen LogP contribution in [0.25, 0.3) is 22.5 Å². The van der Waals surface area contributed by atoms with Gasteiger partial charge in [-0.15, -0.1) is 0 Å². The van der Waals surface area contributed by atoms with E-state index in [9.17, 15) is 14.4 Å². The lowest BCUT2D eigenvalue weighted by molar-refractivity contribution is 0.0527. The van der Waals surface area contributed by atoms with Crippen molar-refractivity contribution in [3.05, 3.63) is 44.5 Å². The van der Waals surface area contributed by atoms with Crippen molar-refractivity contribution in [1.82, 2.24) is 15.0 Å². The first-order valence-electron chi connectivity index (χ1n) is 9.47. The Morgan fingerprint density at radius 2 is 1.74 bits per heavy atom. The minimum absolute atomic E-state index is 0.0725. The summed E-state index contributed by atoms with van der Waals surface area (Å²) >= 11 is 0. The van der Waals surface area contributed by atoms with Crippen molar-refractivity contribution in [2.45, 2.75) is 25.7 Å². The quantitative estimate of drug-likeness (QED) is 0.330. The smallest absolute Gasteiger partial charge is 0.402 e. The summed E-state index contributed by atoms with van der Waals surface area (Å²) < 4.78 is 21.0. The number of aromatic amines is 1. The predicted molar refractivity (Wildman–Crippen MR) is 116 cm³/mol. The average molecular weight is 446 g/mol. The number of nitrogens with one attached hydrogen (secondary N) is 1. The number of carbonyl (C=O) groups excluding carboxylic acids is 1. The first kappa shape index (κ1) is 22.2. The van der Waals surface area contributed by atoms with E-state index in [1.165, 1.54) is 32.4 Å². The SMILES string of the molecule is COc1cc(OC)nc(-c2ccc3[nH]c(=O)c(=O)oc3c2C(=O)OCC[Si](C)(C)C)n1. The van der Waals surface area contributed by atoms with Gasteiger partial charge in [0.25, 0.3) is 0 Å². The number of carbonyl (C=O) groups is 1.